The lowest BCUT2D eigenvalue weighted by atomic mass is 9.95. The van der Waals surface area contributed by atoms with Crippen LogP contribution in [0.5, 0.6) is 0 Å². The highest BCUT2D eigenvalue weighted by Crippen LogP contribution is 2.44. The molecule has 1 aromatic rings. The van der Waals surface area contributed by atoms with Crippen LogP contribution in [0.1, 0.15) is 25.7 Å². The molecule has 7 nitrogen and oxygen atoms in total. The molecule has 3 unspecified atom stereocenters. The van der Waals surface area contributed by atoms with E-state index in [4.69, 9.17) is 5.73 Å². The fraction of sp³-hybridized carbons (Fsp3) is 0.500. The van der Waals surface area contributed by atoms with Gasteiger partial charge in [0.15, 0.2) is 0 Å². The summed E-state index contributed by atoms with van der Waals surface area (Å²) in [4.78, 5) is 14.7. The van der Waals surface area contributed by atoms with Crippen molar-refractivity contribution >= 4 is 11.5 Å². The first-order chi connectivity index (χ1) is 10.1. The monoisotopic (exact) mass is 289 g/mol. The number of aromatic nitrogens is 1. The van der Waals surface area contributed by atoms with Crippen molar-refractivity contribution in [3.8, 4) is 0 Å². The molecule has 2 saturated carbocycles. The van der Waals surface area contributed by atoms with Crippen LogP contribution in [0.2, 0.25) is 0 Å². The standard InChI is InChI=1S/C14H19N5O2/c15-13-4-3-11(7-17-13)16-8-14(19(20)21)18-12-6-9-1-2-10(12)5-9/h3-4,7-10,12,16,18H,1-2,5-6H2,(H2,15,17). The summed E-state index contributed by atoms with van der Waals surface area (Å²) in [7, 11) is 0. The maximum Gasteiger partial charge on any atom is 0.332 e. The van der Waals surface area contributed by atoms with Gasteiger partial charge in [0.2, 0.25) is 0 Å². The van der Waals surface area contributed by atoms with E-state index in [1.165, 1.54) is 25.5 Å². The van der Waals surface area contributed by atoms with Crippen LogP contribution < -0.4 is 16.4 Å². The molecule has 2 bridgehead atoms. The van der Waals surface area contributed by atoms with Crippen LogP contribution in [0.25, 0.3) is 0 Å². The molecule has 21 heavy (non-hydrogen) atoms. The van der Waals surface area contributed by atoms with E-state index in [0.717, 1.165) is 12.3 Å². The van der Waals surface area contributed by atoms with Gasteiger partial charge in [-0.3, -0.25) is 5.32 Å². The summed E-state index contributed by atoms with van der Waals surface area (Å²) in [6, 6.07) is 3.60. The normalized spacial score (nSPS) is 27.6. The lowest BCUT2D eigenvalue weighted by Crippen LogP contribution is -2.36. The zero-order valence-electron chi connectivity index (χ0n) is 11.7. The zero-order valence-corrected chi connectivity index (χ0v) is 11.7. The number of nitrogens with one attached hydrogen (secondary N) is 2. The maximum atomic E-state index is 11.2. The number of nitro groups is 1. The molecule has 1 aromatic heterocycles. The first-order valence-corrected chi connectivity index (χ1v) is 7.21. The summed E-state index contributed by atoms with van der Waals surface area (Å²) in [6.45, 7) is 0. The Balaban J connectivity index is 1.65. The van der Waals surface area contributed by atoms with E-state index in [1.54, 1.807) is 18.3 Å². The van der Waals surface area contributed by atoms with E-state index in [2.05, 4.69) is 15.6 Å². The molecule has 2 fully saturated rings. The fourth-order valence-electron chi connectivity index (χ4n) is 3.40. The van der Waals surface area contributed by atoms with Gasteiger partial charge in [0.25, 0.3) is 0 Å². The Morgan fingerprint density at radius 3 is 2.86 bits per heavy atom. The second-order valence-corrected chi connectivity index (χ2v) is 5.83. The molecule has 3 rings (SSSR count). The number of anilines is 2. The van der Waals surface area contributed by atoms with Gasteiger partial charge in [-0.05, 0) is 54.6 Å². The smallest absolute Gasteiger partial charge is 0.332 e. The van der Waals surface area contributed by atoms with Crippen LogP contribution in [0, 0.1) is 22.0 Å². The first-order valence-electron chi connectivity index (χ1n) is 7.21. The topological polar surface area (TPSA) is 106 Å². The molecule has 0 radical (unpaired) electrons. The number of hydrogen-bond acceptors (Lipinski definition) is 6. The van der Waals surface area contributed by atoms with Gasteiger partial charge in [0.1, 0.15) is 5.82 Å². The summed E-state index contributed by atoms with van der Waals surface area (Å²) >= 11 is 0. The molecule has 7 heteroatoms. The summed E-state index contributed by atoms with van der Waals surface area (Å²) < 4.78 is 0. The van der Waals surface area contributed by atoms with Crippen molar-refractivity contribution in [1.29, 1.82) is 0 Å². The molecule has 0 amide bonds. The Bertz CT molecular complexity index is 557. The van der Waals surface area contributed by atoms with Gasteiger partial charge in [0.05, 0.1) is 24.1 Å². The van der Waals surface area contributed by atoms with Crippen molar-refractivity contribution in [3.63, 3.8) is 0 Å². The van der Waals surface area contributed by atoms with Crippen LogP contribution in [0.4, 0.5) is 11.5 Å². The summed E-state index contributed by atoms with van der Waals surface area (Å²) in [5, 5.41) is 17.1. The summed E-state index contributed by atoms with van der Waals surface area (Å²) in [5.74, 6) is 1.75. The van der Waals surface area contributed by atoms with Gasteiger partial charge in [-0.2, -0.15) is 0 Å². The van der Waals surface area contributed by atoms with Crippen molar-refractivity contribution in [2.24, 2.45) is 11.8 Å². The van der Waals surface area contributed by atoms with Gasteiger partial charge in [-0.1, -0.05) is 0 Å². The predicted molar refractivity (Wildman–Crippen MR) is 79.7 cm³/mol. The summed E-state index contributed by atoms with van der Waals surface area (Å²) in [6.07, 6.45) is 7.63. The molecule has 0 spiro atoms. The Hall–Kier alpha value is -2.31. The van der Waals surface area contributed by atoms with E-state index < -0.39 is 0 Å². The first kappa shape index (κ1) is 13.7. The Kier molecular flexibility index (Phi) is 3.64. The second-order valence-electron chi connectivity index (χ2n) is 5.83. The SMILES string of the molecule is Nc1ccc(NC=C(NC2CC3CCC2C3)[N+](=O)[O-])cn1. The van der Waals surface area contributed by atoms with Crippen molar-refractivity contribution in [2.75, 3.05) is 11.1 Å². The van der Waals surface area contributed by atoms with Gasteiger partial charge in [-0.15, -0.1) is 0 Å². The predicted octanol–water partition coefficient (Wildman–Crippen LogP) is 1.93. The molecule has 0 aliphatic heterocycles. The Morgan fingerprint density at radius 1 is 1.43 bits per heavy atom. The van der Waals surface area contributed by atoms with Gasteiger partial charge < -0.3 is 21.2 Å². The fourth-order valence-corrected chi connectivity index (χ4v) is 3.40. The van der Waals surface area contributed by atoms with Crippen LogP contribution in [0.15, 0.2) is 30.4 Å². The number of fused-ring (bicyclic) bond motifs is 2. The minimum absolute atomic E-state index is 0.00405. The molecule has 3 atom stereocenters. The highest BCUT2D eigenvalue weighted by molar-refractivity contribution is 5.47. The third-order valence-electron chi connectivity index (χ3n) is 4.43. The van der Waals surface area contributed by atoms with Crippen molar-refractivity contribution in [2.45, 2.75) is 31.7 Å². The van der Waals surface area contributed by atoms with E-state index in [9.17, 15) is 10.1 Å². The van der Waals surface area contributed by atoms with Crippen LogP contribution in [-0.2, 0) is 0 Å². The number of hydrogen-bond donors (Lipinski definition) is 3. The minimum Gasteiger partial charge on any atom is -0.384 e. The summed E-state index contributed by atoms with van der Waals surface area (Å²) in [5.41, 5.74) is 6.16. The van der Waals surface area contributed by atoms with E-state index >= 15 is 0 Å². The zero-order chi connectivity index (χ0) is 14.8. The van der Waals surface area contributed by atoms with Crippen molar-refractivity contribution in [3.05, 3.63) is 40.5 Å². The molecule has 0 aromatic carbocycles. The minimum atomic E-state index is -0.385. The molecular weight excluding hydrogens is 270 g/mol. The molecule has 2 aliphatic rings. The highest BCUT2D eigenvalue weighted by atomic mass is 16.6. The van der Waals surface area contributed by atoms with E-state index in [0.29, 0.717) is 17.4 Å². The van der Waals surface area contributed by atoms with Crippen LogP contribution >= 0.6 is 0 Å². The van der Waals surface area contributed by atoms with Gasteiger partial charge in [0, 0.05) is 0 Å². The number of rotatable bonds is 5. The molecule has 112 valence electrons. The largest absolute Gasteiger partial charge is 0.384 e. The molecule has 2 aliphatic carbocycles. The van der Waals surface area contributed by atoms with Crippen LogP contribution in [-0.4, -0.2) is 15.9 Å². The molecular formula is C14H19N5O2. The Labute approximate surface area is 122 Å². The quantitative estimate of drug-likeness (QED) is 0.565. The molecule has 1 heterocycles. The maximum absolute atomic E-state index is 11.2. The number of nitrogens with two attached hydrogens (primary N) is 1. The number of pyridine rings is 1. The van der Waals surface area contributed by atoms with E-state index in [-0.39, 0.29) is 16.8 Å². The number of nitrogen functional groups attached to an aromatic ring is 1. The van der Waals surface area contributed by atoms with Crippen LogP contribution in [0.3, 0.4) is 0 Å². The van der Waals surface area contributed by atoms with Gasteiger partial charge in [-0.25, -0.2) is 4.98 Å². The molecule has 0 saturated heterocycles. The van der Waals surface area contributed by atoms with Gasteiger partial charge >= 0.3 is 5.82 Å². The number of nitrogens with zero attached hydrogens (tertiary/aromatic N) is 2. The highest BCUT2D eigenvalue weighted by Gasteiger charge is 2.42. The lowest BCUT2D eigenvalue weighted by Gasteiger charge is -2.19. The van der Waals surface area contributed by atoms with Crippen molar-refractivity contribution in [1.82, 2.24) is 10.3 Å². The lowest BCUT2D eigenvalue weighted by molar-refractivity contribution is -0.432. The average Bonchev–Trinajstić information content (AvgIpc) is 3.07. The Morgan fingerprint density at radius 2 is 2.29 bits per heavy atom. The second kappa shape index (κ2) is 5.59. The third kappa shape index (κ3) is 3.07. The van der Waals surface area contributed by atoms with E-state index in [1.807, 2.05) is 0 Å². The average molecular weight is 289 g/mol. The van der Waals surface area contributed by atoms with Crippen molar-refractivity contribution < 1.29 is 4.92 Å². The third-order valence-corrected chi connectivity index (χ3v) is 4.43. The molecule has 4 N–H and O–H groups in total.